The fourth-order valence-corrected chi connectivity index (χ4v) is 2.40. The van der Waals surface area contributed by atoms with Crippen molar-refractivity contribution in [2.75, 3.05) is 24.8 Å². The Labute approximate surface area is 129 Å². The van der Waals surface area contributed by atoms with Gasteiger partial charge in [0.2, 0.25) is 5.95 Å². The van der Waals surface area contributed by atoms with Crippen molar-refractivity contribution >= 4 is 44.5 Å². The molecule has 0 bridgehead atoms. The lowest BCUT2D eigenvalue weighted by atomic mass is 10.3. The quantitative estimate of drug-likeness (QED) is 0.671. The highest BCUT2D eigenvalue weighted by Crippen LogP contribution is 2.28. The Bertz CT molecular complexity index is 787. The van der Waals surface area contributed by atoms with Gasteiger partial charge in [0.25, 0.3) is 0 Å². The summed E-state index contributed by atoms with van der Waals surface area (Å²) < 4.78 is 6.17. The van der Waals surface area contributed by atoms with Crippen molar-refractivity contribution in [2.24, 2.45) is 0 Å². The molecule has 0 amide bonds. The molecule has 0 radical (unpaired) electrons. The average molecular weight is 349 g/mol. The van der Waals surface area contributed by atoms with Gasteiger partial charge in [-0.25, -0.2) is 4.98 Å². The molecule has 0 fully saturated rings. The second-order valence-corrected chi connectivity index (χ2v) is 5.17. The molecule has 0 saturated heterocycles. The average Bonchev–Trinajstić information content (AvgIpc) is 2.95. The molecule has 0 aliphatic rings. The Morgan fingerprint density at radius 1 is 1.24 bits per heavy atom. The topological polar surface area (TPSA) is 87.8 Å². The molecule has 2 aromatic heterocycles. The van der Waals surface area contributed by atoms with Crippen LogP contribution in [-0.2, 0) is 0 Å². The van der Waals surface area contributed by atoms with Gasteiger partial charge >= 0.3 is 0 Å². The van der Waals surface area contributed by atoms with Crippen molar-refractivity contribution in [3.05, 3.63) is 29.0 Å². The minimum Gasteiger partial charge on any atom is -0.497 e. The summed E-state index contributed by atoms with van der Waals surface area (Å²) in [5.41, 5.74) is 2.18. The van der Waals surface area contributed by atoms with Crippen LogP contribution in [0.5, 0.6) is 5.75 Å². The number of benzene rings is 1. The molecule has 0 aliphatic heterocycles. The smallest absolute Gasteiger partial charge is 0.226 e. The Morgan fingerprint density at radius 2 is 2.10 bits per heavy atom. The molecular formula is C13H13BrN6O. The standard InChI is InChI=1S/C13H13BrN6O/c1-15-13-19-11-10(16-6-17-11)12(20-13)18-8-3-7(14)4-9(5-8)21-2/h3-6H,1-2H3,(H3,15,16,17,18,19,20). The van der Waals surface area contributed by atoms with E-state index in [2.05, 4.69) is 46.5 Å². The number of rotatable bonds is 4. The fraction of sp³-hybridized carbons (Fsp3) is 0.154. The van der Waals surface area contributed by atoms with Crippen LogP contribution >= 0.6 is 15.9 Å². The minimum absolute atomic E-state index is 0.499. The van der Waals surface area contributed by atoms with E-state index in [0.29, 0.717) is 17.4 Å². The lowest BCUT2D eigenvalue weighted by Gasteiger charge is -2.10. The third-order valence-corrected chi connectivity index (χ3v) is 3.34. The van der Waals surface area contributed by atoms with E-state index < -0.39 is 0 Å². The van der Waals surface area contributed by atoms with Crippen LogP contribution in [0.15, 0.2) is 29.0 Å². The number of fused-ring (bicyclic) bond motifs is 1. The molecule has 8 heteroatoms. The molecule has 0 unspecified atom stereocenters. The molecule has 3 rings (SSSR count). The number of anilines is 3. The first-order valence-corrected chi connectivity index (χ1v) is 6.99. The number of ether oxygens (including phenoxy) is 1. The first-order valence-electron chi connectivity index (χ1n) is 6.20. The molecule has 3 N–H and O–H groups in total. The molecule has 0 saturated carbocycles. The summed E-state index contributed by atoms with van der Waals surface area (Å²) in [6, 6.07) is 5.70. The van der Waals surface area contributed by atoms with Crippen LogP contribution in [0.2, 0.25) is 0 Å². The van der Waals surface area contributed by atoms with E-state index in [4.69, 9.17) is 4.74 Å². The predicted octanol–water partition coefficient (Wildman–Crippen LogP) is 2.91. The Hall–Kier alpha value is -2.35. The fourth-order valence-electron chi connectivity index (χ4n) is 1.92. The maximum absolute atomic E-state index is 5.26. The van der Waals surface area contributed by atoms with E-state index in [9.17, 15) is 0 Å². The monoisotopic (exact) mass is 348 g/mol. The van der Waals surface area contributed by atoms with Gasteiger partial charge in [-0.3, -0.25) is 0 Å². The summed E-state index contributed by atoms with van der Waals surface area (Å²) in [5, 5.41) is 6.17. The second-order valence-electron chi connectivity index (χ2n) is 4.25. The summed E-state index contributed by atoms with van der Waals surface area (Å²) in [6.07, 6.45) is 1.59. The second kappa shape index (κ2) is 5.57. The third-order valence-electron chi connectivity index (χ3n) is 2.88. The maximum atomic E-state index is 5.26. The number of H-pyrrole nitrogens is 1. The number of hydrogen-bond donors (Lipinski definition) is 3. The number of methoxy groups -OCH3 is 1. The van der Waals surface area contributed by atoms with Crippen LogP contribution in [-0.4, -0.2) is 34.1 Å². The Morgan fingerprint density at radius 3 is 2.86 bits per heavy atom. The molecule has 1 aromatic carbocycles. The van der Waals surface area contributed by atoms with Crippen LogP contribution in [0.4, 0.5) is 17.5 Å². The summed E-state index contributed by atoms with van der Waals surface area (Å²) >= 11 is 3.45. The van der Waals surface area contributed by atoms with E-state index in [1.807, 2.05) is 18.2 Å². The van der Waals surface area contributed by atoms with Crippen molar-refractivity contribution in [1.29, 1.82) is 0 Å². The maximum Gasteiger partial charge on any atom is 0.226 e. The van der Waals surface area contributed by atoms with Gasteiger partial charge in [0.05, 0.1) is 13.4 Å². The van der Waals surface area contributed by atoms with Crippen molar-refractivity contribution in [2.45, 2.75) is 0 Å². The number of imidazole rings is 1. The number of aromatic amines is 1. The summed E-state index contributed by atoms with van der Waals surface area (Å²) in [5.74, 6) is 1.89. The number of nitrogens with one attached hydrogen (secondary N) is 3. The lowest BCUT2D eigenvalue weighted by molar-refractivity contribution is 0.415. The van der Waals surface area contributed by atoms with Gasteiger partial charge in [-0.05, 0) is 12.1 Å². The van der Waals surface area contributed by atoms with E-state index in [0.717, 1.165) is 21.4 Å². The largest absolute Gasteiger partial charge is 0.497 e. The summed E-state index contributed by atoms with van der Waals surface area (Å²) in [4.78, 5) is 15.9. The molecule has 3 aromatic rings. The Balaban J connectivity index is 2.04. The molecular weight excluding hydrogens is 336 g/mol. The van der Waals surface area contributed by atoms with Crippen LogP contribution in [0.25, 0.3) is 11.2 Å². The SMILES string of the molecule is CNc1nc(Nc2cc(Br)cc(OC)c2)c2[nH]cnc2n1. The van der Waals surface area contributed by atoms with Crippen molar-refractivity contribution < 1.29 is 4.74 Å². The zero-order chi connectivity index (χ0) is 14.8. The predicted molar refractivity (Wildman–Crippen MR) is 85.2 cm³/mol. The highest BCUT2D eigenvalue weighted by molar-refractivity contribution is 9.10. The van der Waals surface area contributed by atoms with Gasteiger partial charge in [-0.2, -0.15) is 9.97 Å². The summed E-state index contributed by atoms with van der Waals surface area (Å²) in [6.45, 7) is 0. The highest BCUT2D eigenvalue weighted by Gasteiger charge is 2.10. The van der Waals surface area contributed by atoms with Crippen LogP contribution < -0.4 is 15.4 Å². The molecule has 21 heavy (non-hydrogen) atoms. The molecule has 7 nitrogen and oxygen atoms in total. The number of nitrogens with zero attached hydrogens (tertiary/aromatic N) is 3. The molecule has 0 atom stereocenters. The minimum atomic E-state index is 0.499. The number of hydrogen-bond acceptors (Lipinski definition) is 6. The van der Waals surface area contributed by atoms with Crippen LogP contribution in [0.3, 0.4) is 0 Å². The number of halogens is 1. The summed E-state index contributed by atoms with van der Waals surface area (Å²) in [7, 11) is 3.39. The van der Waals surface area contributed by atoms with Gasteiger partial charge < -0.3 is 20.4 Å². The van der Waals surface area contributed by atoms with E-state index in [-0.39, 0.29) is 0 Å². The molecule has 2 heterocycles. The van der Waals surface area contributed by atoms with Crippen LogP contribution in [0, 0.1) is 0 Å². The third kappa shape index (κ3) is 2.75. The highest BCUT2D eigenvalue weighted by atomic mass is 79.9. The zero-order valence-corrected chi connectivity index (χ0v) is 13.0. The van der Waals surface area contributed by atoms with Crippen molar-refractivity contribution in [3.63, 3.8) is 0 Å². The molecule has 0 aliphatic carbocycles. The zero-order valence-electron chi connectivity index (χ0n) is 11.4. The van der Waals surface area contributed by atoms with Crippen molar-refractivity contribution in [1.82, 2.24) is 19.9 Å². The van der Waals surface area contributed by atoms with E-state index in [1.165, 1.54) is 0 Å². The van der Waals surface area contributed by atoms with Crippen molar-refractivity contribution in [3.8, 4) is 5.75 Å². The Kier molecular flexibility index (Phi) is 3.61. The molecule has 0 spiro atoms. The lowest BCUT2D eigenvalue weighted by Crippen LogP contribution is -2.02. The van der Waals surface area contributed by atoms with Gasteiger partial charge in [0, 0.05) is 23.3 Å². The van der Waals surface area contributed by atoms with E-state index in [1.54, 1.807) is 20.5 Å². The normalized spacial score (nSPS) is 10.6. The van der Waals surface area contributed by atoms with Gasteiger partial charge in [0.1, 0.15) is 11.3 Å². The van der Waals surface area contributed by atoms with Crippen LogP contribution in [0.1, 0.15) is 0 Å². The van der Waals surface area contributed by atoms with E-state index >= 15 is 0 Å². The van der Waals surface area contributed by atoms with Gasteiger partial charge in [0.15, 0.2) is 11.5 Å². The first-order chi connectivity index (χ1) is 10.2. The van der Waals surface area contributed by atoms with Gasteiger partial charge in [-0.15, -0.1) is 0 Å². The first kappa shape index (κ1) is 13.6. The molecule has 108 valence electrons. The van der Waals surface area contributed by atoms with Gasteiger partial charge in [-0.1, -0.05) is 15.9 Å². The number of aromatic nitrogens is 4.